The van der Waals surface area contributed by atoms with Crippen molar-refractivity contribution in [3.63, 3.8) is 0 Å². The summed E-state index contributed by atoms with van der Waals surface area (Å²) in [6.07, 6.45) is 0.283. The molecular weight excluding hydrogens is 350 g/mol. The van der Waals surface area contributed by atoms with Crippen LogP contribution >= 0.6 is 11.3 Å². The smallest absolute Gasteiger partial charge is 0.294 e. The quantitative estimate of drug-likeness (QED) is 0.823. The van der Waals surface area contributed by atoms with Gasteiger partial charge in [0.25, 0.3) is 5.91 Å². The first-order chi connectivity index (χ1) is 12.4. The van der Waals surface area contributed by atoms with Gasteiger partial charge >= 0.3 is 0 Å². The third-order valence-corrected chi connectivity index (χ3v) is 5.19. The Morgan fingerprint density at radius 3 is 2.50 bits per heavy atom. The first-order valence-corrected chi connectivity index (χ1v) is 9.29. The van der Waals surface area contributed by atoms with Crippen molar-refractivity contribution in [2.24, 2.45) is 5.92 Å². The Bertz CT molecular complexity index is 837. The molecule has 1 aliphatic rings. The van der Waals surface area contributed by atoms with Crippen LogP contribution in [0.25, 0.3) is 0 Å². The van der Waals surface area contributed by atoms with Gasteiger partial charge in [-0.2, -0.15) is 0 Å². The van der Waals surface area contributed by atoms with Gasteiger partial charge in [-0.1, -0.05) is 19.9 Å². The minimum atomic E-state index is -0.609. The number of amides is 1. The molecule has 1 amide bonds. The van der Waals surface area contributed by atoms with E-state index >= 15 is 0 Å². The van der Waals surface area contributed by atoms with E-state index in [1.54, 1.807) is 31.4 Å². The summed E-state index contributed by atoms with van der Waals surface area (Å²) in [5.74, 6) is -0.399. The second kappa shape index (κ2) is 7.33. The van der Waals surface area contributed by atoms with Gasteiger partial charge in [-0.3, -0.25) is 14.5 Å². The van der Waals surface area contributed by atoms with Crippen LogP contribution < -0.4 is 9.64 Å². The van der Waals surface area contributed by atoms with Crippen molar-refractivity contribution in [1.82, 2.24) is 0 Å². The number of rotatable bonds is 6. The second-order valence-corrected chi connectivity index (χ2v) is 7.55. The van der Waals surface area contributed by atoms with Crippen molar-refractivity contribution < 1.29 is 19.4 Å². The maximum atomic E-state index is 12.8. The molecule has 2 heterocycles. The van der Waals surface area contributed by atoms with Crippen LogP contribution in [-0.4, -0.2) is 23.9 Å². The van der Waals surface area contributed by atoms with E-state index in [2.05, 4.69) is 0 Å². The standard InChI is InChI=1S/C20H21NO4S/c1-12(2)11-15(22)17-18(16-5-4-10-26-16)21(20(24)19(17)23)13-6-8-14(25-3)9-7-13/h4-10,12,18,23H,11H2,1-3H3. The molecule has 0 aliphatic carbocycles. The summed E-state index contributed by atoms with van der Waals surface area (Å²) >= 11 is 1.45. The summed E-state index contributed by atoms with van der Waals surface area (Å²) in [5, 5.41) is 12.4. The van der Waals surface area contributed by atoms with Crippen molar-refractivity contribution in [3.8, 4) is 5.75 Å². The number of ketones is 1. The van der Waals surface area contributed by atoms with Crippen LogP contribution in [0.15, 0.2) is 53.1 Å². The number of ether oxygens (including phenoxy) is 1. The van der Waals surface area contributed by atoms with E-state index in [1.165, 1.54) is 16.2 Å². The maximum absolute atomic E-state index is 12.8. The summed E-state index contributed by atoms with van der Waals surface area (Å²) in [5.41, 5.74) is 0.787. The highest BCUT2D eigenvalue weighted by atomic mass is 32.1. The molecule has 1 atom stereocenters. The van der Waals surface area contributed by atoms with Crippen molar-refractivity contribution in [2.75, 3.05) is 12.0 Å². The summed E-state index contributed by atoms with van der Waals surface area (Å²) < 4.78 is 5.17. The van der Waals surface area contributed by atoms with Gasteiger partial charge < -0.3 is 9.84 Å². The summed E-state index contributed by atoms with van der Waals surface area (Å²) in [7, 11) is 1.57. The number of hydrogen-bond donors (Lipinski definition) is 1. The Kier molecular flexibility index (Phi) is 5.13. The van der Waals surface area contributed by atoms with Crippen molar-refractivity contribution >= 4 is 28.7 Å². The minimum Gasteiger partial charge on any atom is -0.503 e. The predicted molar refractivity (Wildman–Crippen MR) is 102 cm³/mol. The van der Waals surface area contributed by atoms with E-state index in [0.717, 1.165) is 4.88 Å². The van der Waals surface area contributed by atoms with Gasteiger partial charge in [0.1, 0.15) is 11.8 Å². The number of carbonyl (C=O) groups excluding carboxylic acids is 2. The Hall–Kier alpha value is -2.60. The average Bonchev–Trinajstić information content (AvgIpc) is 3.22. The normalized spacial score (nSPS) is 17.3. The van der Waals surface area contributed by atoms with E-state index in [0.29, 0.717) is 11.4 Å². The molecule has 0 fully saturated rings. The van der Waals surface area contributed by atoms with Gasteiger partial charge in [-0.05, 0) is 41.6 Å². The van der Waals surface area contributed by atoms with Gasteiger partial charge in [-0.15, -0.1) is 11.3 Å². The lowest BCUT2D eigenvalue weighted by Crippen LogP contribution is -2.30. The molecule has 0 spiro atoms. The molecule has 6 heteroatoms. The topological polar surface area (TPSA) is 66.8 Å². The first-order valence-electron chi connectivity index (χ1n) is 8.41. The molecule has 0 radical (unpaired) electrons. The minimum absolute atomic E-state index is 0.136. The number of benzene rings is 1. The fraction of sp³-hybridized carbons (Fsp3) is 0.300. The Labute approximate surface area is 156 Å². The zero-order valence-electron chi connectivity index (χ0n) is 14.9. The highest BCUT2D eigenvalue weighted by molar-refractivity contribution is 7.10. The molecule has 0 bridgehead atoms. The summed E-state index contributed by atoms with van der Waals surface area (Å²) in [4.78, 5) is 27.9. The predicted octanol–water partition coefficient (Wildman–Crippen LogP) is 4.27. The SMILES string of the molecule is COc1ccc(N2C(=O)C(O)=C(C(=O)CC(C)C)C2c2cccs2)cc1. The number of aliphatic hydroxyl groups excluding tert-OH is 1. The second-order valence-electron chi connectivity index (χ2n) is 6.57. The van der Waals surface area contributed by atoms with Gasteiger partial charge in [0, 0.05) is 17.0 Å². The van der Waals surface area contributed by atoms with Crippen molar-refractivity contribution in [3.05, 3.63) is 58.0 Å². The number of anilines is 1. The third-order valence-electron chi connectivity index (χ3n) is 4.27. The van der Waals surface area contributed by atoms with Crippen LogP contribution in [0.1, 0.15) is 31.2 Å². The summed E-state index contributed by atoms with van der Waals surface area (Å²) in [6.45, 7) is 3.88. The third kappa shape index (κ3) is 3.24. The van der Waals surface area contributed by atoms with Crippen LogP contribution in [0, 0.1) is 5.92 Å². The number of methoxy groups -OCH3 is 1. The monoisotopic (exact) mass is 371 g/mol. The largest absolute Gasteiger partial charge is 0.503 e. The summed E-state index contributed by atoms with van der Waals surface area (Å²) in [6, 6.07) is 10.1. The van der Waals surface area contributed by atoms with Gasteiger partial charge in [0.15, 0.2) is 11.5 Å². The zero-order chi connectivity index (χ0) is 18.8. The lowest BCUT2D eigenvalue weighted by atomic mass is 9.95. The fourth-order valence-electron chi connectivity index (χ4n) is 3.10. The van der Waals surface area contributed by atoms with Gasteiger partial charge in [0.05, 0.1) is 12.7 Å². The van der Waals surface area contributed by atoms with Crippen LogP contribution in [-0.2, 0) is 9.59 Å². The molecule has 1 aliphatic heterocycles. The van der Waals surface area contributed by atoms with Crippen LogP contribution in [0.5, 0.6) is 5.75 Å². The highest BCUT2D eigenvalue weighted by Gasteiger charge is 2.44. The van der Waals surface area contributed by atoms with Gasteiger partial charge in [-0.25, -0.2) is 0 Å². The van der Waals surface area contributed by atoms with Crippen molar-refractivity contribution in [1.29, 1.82) is 0 Å². The molecular formula is C20H21NO4S. The molecule has 2 aromatic rings. The number of carbonyl (C=O) groups is 2. The van der Waals surface area contributed by atoms with Crippen LogP contribution in [0.2, 0.25) is 0 Å². The number of nitrogens with zero attached hydrogens (tertiary/aromatic N) is 1. The first kappa shape index (κ1) is 18.2. The molecule has 26 heavy (non-hydrogen) atoms. The zero-order valence-corrected chi connectivity index (χ0v) is 15.7. The Morgan fingerprint density at radius 2 is 1.96 bits per heavy atom. The van der Waals surface area contributed by atoms with Gasteiger partial charge in [0.2, 0.25) is 0 Å². The van der Waals surface area contributed by atoms with Crippen molar-refractivity contribution in [2.45, 2.75) is 26.3 Å². The molecule has 1 N–H and O–H groups in total. The highest BCUT2D eigenvalue weighted by Crippen LogP contribution is 2.43. The number of aliphatic hydroxyl groups is 1. The number of thiophene rings is 1. The Balaban J connectivity index is 2.07. The molecule has 0 saturated heterocycles. The van der Waals surface area contributed by atoms with Crippen LogP contribution in [0.3, 0.4) is 0 Å². The molecule has 136 valence electrons. The molecule has 1 aromatic carbocycles. The molecule has 0 saturated carbocycles. The van der Waals surface area contributed by atoms with E-state index in [9.17, 15) is 14.7 Å². The van der Waals surface area contributed by atoms with E-state index in [-0.39, 0.29) is 23.7 Å². The maximum Gasteiger partial charge on any atom is 0.294 e. The molecule has 3 rings (SSSR count). The molecule has 1 unspecified atom stereocenters. The number of Topliss-reactive ketones (excluding diaryl/α,β-unsaturated/α-hetero) is 1. The average molecular weight is 371 g/mol. The van der Waals surface area contributed by atoms with Crippen LogP contribution in [0.4, 0.5) is 5.69 Å². The molecule has 1 aromatic heterocycles. The molecule has 5 nitrogen and oxygen atoms in total. The van der Waals surface area contributed by atoms with E-state index in [1.807, 2.05) is 31.4 Å². The lowest BCUT2D eigenvalue weighted by molar-refractivity contribution is -0.118. The van der Waals surface area contributed by atoms with E-state index in [4.69, 9.17) is 4.74 Å². The fourth-order valence-corrected chi connectivity index (χ4v) is 3.92. The van der Waals surface area contributed by atoms with E-state index < -0.39 is 17.7 Å². The Morgan fingerprint density at radius 1 is 1.27 bits per heavy atom. The lowest BCUT2D eigenvalue weighted by Gasteiger charge is -2.26. The number of hydrogen-bond acceptors (Lipinski definition) is 5.